The molecule has 3 aromatic heterocycles. The van der Waals surface area contributed by atoms with Crippen LogP contribution in [0.15, 0.2) is 29.6 Å². The monoisotopic (exact) mass is 374 g/mol. The van der Waals surface area contributed by atoms with Gasteiger partial charge in [0.15, 0.2) is 5.65 Å². The molecule has 0 fully saturated rings. The van der Waals surface area contributed by atoms with Gasteiger partial charge in [0.1, 0.15) is 10.7 Å². The van der Waals surface area contributed by atoms with Crippen LogP contribution in [0.5, 0.6) is 0 Å². The number of hydrogen-bond acceptors (Lipinski definition) is 5. The summed E-state index contributed by atoms with van der Waals surface area (Å²) in [5.74, 6) is 1.35. The van der Waals surface area contributed by atoms with Gasteiger partial charge in [-0.1, -0.05) is 0 Å². The molecule has 0 amide bonds. The lowest BCUT2D eigenvalue weighted by atomic mass is 10.00. The summed E-state index contributed by atoms with van der Waals surface area (Å²) in [6.45, 7) is 3.13. The van der Waals surface area contributed by atoms with Gasteiger partial charge in [0, 0.05) is 57.6 Å². The number of aromatic nitrogens is 5. The van der Waals surface area contributed by atoms with Crippen LogP contribution >= 0.6 is 0 Å². The molecule has 3 aromatic rings. The van der Waals surface area contributed by atoms with Crippen LogP contribution in [0.1, 0.15) is 17.9 Å². The van der Waals surface area contributed by atoms with Crippen LogP contribution < -0.4 is 0 Å². The maximum Gasteiger partial charge on any atom is 0.244 e. The Hall–Kier alpha value is -2.26. The van der Waals surface area contributed by atoms with Crippen LogP contribution in [0, 0.1) is 12.8 Å². The molecule has 8 nitrogen and oxygen atoms in total. The quantitative estimate of drug-likeness (QED) is 0.688. The number of rotatable bonds is 4. The second kappa shape index (κ2) is 6.17. The maximum absolute atomic E-state index is 13.0. The first-order valence-corrected chi connectivity index (χ1v) is 10.1. The average Bonchev–Trinajstić information content (AvgIpc) is 3.19. The minimum Gasteiger partial charge on any atom is -0.335 e. The first-order chi connectivity index (χ1) is 12.4. The summed E-state index contributed by atoms with van der Waals surface area (Å²) in [4.78, 5) is 8.83. The smallest absolute Gasteiger partial charge is 0.244 e. The molecular weight excluding hydrogens is 352 g/mol. The van der Waals surface area contributed by atoms with E-state index in [2.05, 4.69) is 19.6 Å². The maximum atomic E-state index is 13.0. The van der Waals surface area contributed by atoms with Crippen molar-refractivity contribution in [2.24, 2.45) is 13.0 Å². The Balaban J connectivity index is 1.57. The van der Waals surface area contributed by atoms with Gasteiger partial charge in [-0.2, -0.15) is 5.10 Å². The van der Waals surface area contributed by atoms with Crippen molar-refractivity contribution in [1.29, 1.82) is 0 Å². The molecule has 9 heteroatoms. The Kier molecular flexibility index (Phi) is 4.07. The second-order valence-corrected chi connectivity index (χ2v) is 8.98. The predicted molar refractivity (Wildman–Crippen MR) is 97.1 cm³/mol. The highest BCUT2D eigenvalue weighted by atomic mass is 32.2. The minimum absolute atomic E-state index is 0.211. The molecule has 0 radical (unpaired) electrons. The van der Waals surface area contributed by atoms with Crippen molar-refractivity contribution in [1.82, 2.24) is 28.6 Å². The van der Waals surface area contributed by atoms with E-state index in [9.17, 15) is 8.42 Å². The highest BCUT2D eigenvalue weighted by Crippen LogP contribution is 2.24. The molecule has 0 unspecified atom stereocenters. The number of sulfonamides is 1. The van der Waals surface area contributed by atoms with E-state index in [-0.39, 0.29) is 10.8 Å². The van der Waals surface area contributed by atoms with E-state index in [4.69, 9.17) is 0 Å². The average molecular weight is 374 g/mol. The lowest BCUT2D eigenvalue weighted by Gasteiger charge is -2.27. The van der Waals surface area contributed by atoms with E-state index in [0.29, 0.717) is 12.2 Å². The Morgan fingerprint density at radius 3 is 2.96 bits per heavy atom. The van der Waals surface area contributed by atoms with Gasteiger partial charge in [0.2, 0.25) is 10.0 Å². The number of pyridine rings is 1. The van der Waals surface area contributed by atoms with Gasteiger partial charge in [-0.05, 0) is 25.3 Å². The van der Waals surface area contributed by atoms with Gasteiger partial charge in [-0.3, -0.25) is 4.68 Å². The minimum atomic E-state index is -3.59. The number of nitrogens with zero attached hydrogens (tertiary/aromatic N) is 6. The summed E-state index contributed by atoms with van der Waals surface area (Å²) in [5, 5.41) is 5.07. The number of aryl methyl sites for hydroxylation is 3. The summed E-state index contributed by atoms with van der Waals surface area (Å²) in [5.41, 5.74) is 1.46. The van der Waals surface area contributed by atoms with E-state index in [1.54, 1.807) is 31.0 Å². The van der Waals surface area contributed by atoms with E-state index in [0.717, 1.165) is 36.3 Å². The first kappa shape index (κ1) is 17.2. The Morgan fingerprint density at radius 1 is 1.35 bits per heavy atom. The molecule has 0 bridgehead atoms. The molecule has 26 heavy (non-hydrogen) atoms. The van der Waals surface area contributed by atoms with Crippen LogP contribution in [0.2, 0.25) is 0 Å². The molecule has 0 saturated carbocycles. The highest BCUT2D eigenvalue weighted by Gasteiger charge is 2.27. The predicted octanol–water partition coefficient (Wildman–Crippen LogP) is 1.36. The Morgan fingerprint density at radius 2 is 2.15 bits per heavy atom. The highest BCUT2D eigenvalue weighted by molar-refractivity contribution is 7.89. The van der Waals surface area contributed by atoms with E-state index >= 15 is 0 Å². The standard InChI is InChI=1S/C17H22N6O2S/c1-12-15-8-14(9-19-17(15)22(3)20-12)26(24,25)21(2)10-13-4-5-16-18-6-7-23(16)11-13/h6-9,13H,4-5,10-11H2,1-3H3/t13-/m1/s1. The molecule has 0 aliphatic carbocycles. The van der Waals surface area contributed by atoms with Crippen LogP contribution in [-0.2, 0) is 30.0 Å². The summed E-state index contributed by atoms with van der Waals surface area (Å²) in [7, 11) is -0.153. The topological polar surface area (TPSA) is 85.9 Å². The number of imidazole rings is 1. The van der Waals surface area contributed by atoms with Crippen molar-refractivity contribution >= 4 is 21.1 Å². The molecule has 4 heterocycles. The van der Waals surface area contributed by atoms with Crippen molar-refractivity contribution in [3.05, 3.63) is 36.2 Å². The third-order valence-corrected chi connectivity index (χ3v) is 6.88. The summed E-state index contributed by atoms with van der Waals surface area (Å²) in [6, 6.07) is 1.67. The zero-order valence-electron chi connectivity index (χ0n) is 15.1. The van der Waals surface area contributed by atoms with Gasteiger partial charge >= 0.3 is 0 Å². The van der Waals surface area contributed by atoms with Crippen LogP contribution in [-0.4, -0.2) is 50.6 Å². The number of fused-ring (bicyclic) bond motifs is 2. The van der Waals surface area contributed by atoms with Crippen molar-refractivity contribution in [3.63, 3.8) is 0 Å². The zero-order valence-corrected chi connectivity index (χ0v) is 15.9. The van der Waals surface area contributed by atoms with E-state index in [1.165, 1.54) is 10.5 Å². The lowest BCUT2D eigenvalue weighted by molar-refractivity contribution is 0.303. The SMILES string of the molecule is Cc1nn(C)c2ncc(S(=O)(=O)N(C)C[C@H]3CCc4nccn4C3)cc12. The van der Waals surface area contributed by atoms with Crippen LogP contribution in [0.4, 0.5) is 0 Å². The molecule has 1 atom stereocenters. The second-order valence-electron chi connectivity index (χ2n) is 6.94. The molecule has 138 valence electrons. The largest absolute Gasteiger partial charge is 0.335 e. The third-order valence-electron chi connectivity index (χ3n) is 5.09. The fourth-order valence-corrected chi connectivity index (χ4v) is 4.88. The van der Waals surface area contributed by atoms with Crippen LogP contribution in [0.3, 0.4) is 0 Å². The fraction of sp³-hybridized carbons (Fsp3) is 0.471. The fourth-order valence-electron chi connectivity index (χ4n) is 3.66. The van der Waals surface area contributed by atoms with Gasteiger partial charge in [-0.15, -0.1) is 0 Å². The number of hydrogen-bond donors (Lipinski definition) is 0. The Labute approximate surface area is 152 Å². The van der Waals surface area contributed by atoms with Crippen molar-refractivity contribution in [2.45, 2.75) is 31.2 Å². The van der Waals surface area contributed by atoms with Crippen LogP contribution in [0.25, 0.3) is 11.0 Å². The molecule has 0 saturated heterocycles. The molecular formula is C17H22N6O2S. The summed E-state index contributed by atoms with van der Waals surface area (Å²) in [6.07, 6.45) is 7.00. The summed E-state index contributed by atoms with van der Waals surface area (Å²) >= 11 is 0. The molecule has 4 rings (SSSR count). The van der Waals surface area contributed by atoms with Crippen molar-refractivity contribution in [2.75, 3.05) is 13.6 Å². The third kappa shape index (κ3) is 2.80. The van der Waals surface area contributed by atoms with Crippen molar-refractivity contribution < 1.29 is 8.42 Å². The van der Waals surface area contributed by atoms with Gasteiger partial charge in [0.05, 0.1) is 5.69 Å². The molecule has 1 aliphatic heterocycles. The van der Waals surface area contributed by atoms with Gasteiger partial charge in [0.25, 0.3) is 0 Å². The summed E-state index contributed by atoms with van der Waals surface area (Å²) < 4.78 is 31.2. The van der Waals surface area contributed by atoms with Crippen molar-refractivity contribution in [3.8, 4) is 0 Å². The molecule has 0 spiro atoms. The first-order valence-electron chi connectivity index (χ1n) is 8.62. The van der Waals surface area contributed by atoms with E-state index < -0.39 is 10.0 Å². The van der Waals surface area contributed by atoms with E-state index in [1.807, 2.05) is 13.1 Å². The lowest BCUT2D eigenvalue weighted by Crippen LogP contribution is -2.35. The van der Waals surface area contributed by atoms with Gasteiger partial charge < -0.3 is 4.57 Å². The normalized spacial score (nSPS) is 17.8. The van der Waals surface area contributed by atoms with Gasteiger partial charge in [-0.25, -0.2) is 22.7 Å². The molecule has 0 N–H and O–H groups in total. The zero-order chi connectivity index (χ0) is 18.5. The molecule has 1 aliphatic rings. The molecule has 0 aromatic carbocycles. The Bertz CT molecular complexity index is 1070.